The first-order valence-electron chi connectivity index (χ1n) is 6.47. The lowest BCUT2D eigenvalue weighted by molar-refractivity contribution is 0.337. The maximum Gasteiger partial charge on any atom is 0.122 e. The molecule has 100 valence electrons. The number of hydrogen-bond donors (Lipinski definition) is 1. The number of aryl methyl sites for hydroxylation is 1. The van der Waals surface area contributed by atoms with Crippen LogP contribution in [0.1, 0.15) is 29.7 Å². The largest absolute Gasteiger partial charge is 0.494 e. The molecule has 1 atom stereocenters. The Morgan fingerprint density at radius 3 is 2.74 bits per heavy atom. The van der Waals surface area contributed by atoms with E-state index in [4.69, 9.17) is 10.5 Å². The topological polar surface area (TPSA) is 61.0 Å². The molecule has 19 heavy (non-hydrogen) atoms. The molecule has 0 aliphatic carbocycles. The van der Waals surface area contributed by atoms with Crippen molar-refractivity contribution in [3.63, 3.8) is 0 Å². The van der Waals surface area contributed by atoms with E-state index in [2.05, 4.69) is 16.3 Å². The third-order valence-electron chi connectivity index (χ3n) is 3.09. The Hall–Kier alpha value is -1.94. The Balaban J connectivity index is 2.32. The number of hydrogen-bond acceptors (Lipinski definition) is 4. The van der Waals surface area contributed by atoms with Gasteiger partial charge in [-0.25, -0.2) is 0 Å². The van der Waals surface area contributed by atoms with E-state index in [1.54, 1.807) is 6.20 Å². The number of nitrogens with zero attached hydrogens (tertiary/aromatic N) is 2. The first-order chi connectivity index (χ1) is 9.26. The minimum Gasteiger partial charge on any atom is -0.494 e. The summed E-state index contributed by atoms with van der Waals surface area (Å²) in [5, 5.41) is 8.07. The summed E-state index contributed by atoms with van der Waals surface area (Å²) in [5.74, 6) is 0.990. The zero-order valence-corrected chi connectivity index (χ0v) is 11.3. The fourth-order valence-electron chi connectivity index (χ4n) is 2.13. The number of ether oxygens (including phenoxy) is 1. The van der Waals surface area contributed by atoms with Crippen molar-refractivity contribution >= 4 is 0 Å². The highest BCUT2D eigenvalue weighted by Gasteiger charge is 2.15. The number of nitrogens with two attached hydrogens (primary N) is 1. The second-order valence-corrected chi connectivity index (χ2v) is 4.39. The fraction of sp³-hybridized carbons (Fsp3) is 0.333. The summed E-state index contributed by atoms with van der Waals surface area (Å²) in [6.07, 6.45) is 1.67. The standard InChI is InChI=1S/C15H19N3O/c1-3-19-15-7-6-12(9-11(15)2)13(10-16)14-5-4-8-17-18-14/h4-9,13H,3,10,16H2,1-2H3. The minimum atomic E-state index is 0.0723. The van der Waals surface area contributed by atoms with Crippen LogP contribution in [0.5, 0.6) is 5.75 Å². The van der Waals surface area contributed by atoms with E-state index in [1.165, 1.54) is 0 Å². The molecule has 0 fully saturated rings. The summed E-state index contributed by atoms with van der Waals surface area (Å²) >= 11 is 0. The van der Waals surface area contributed by atoms with Gasteiger partial charge in [0, 0.05) is 18.7 Å². The van der Waals surface area contributed by atoms with Crippen LogP contribution in [-0.4, -0.2) is 23.3 Å². The van der Waals surface area contributed by atoms with E-state index in [-0.39, 0.29) is 5.92 Å². The molecule has 0 radical (unpaired) electrons. The maximum absolute atomic E-state index is 5.88. The van der Waals surface area contributed by atoms with Gasteiger partial charge in [-0.05, 0) is 43.2 Å². The Bertz CT molecular complexity index is 528. The van der Waals surface area contributed by atoms with Crippen LogP contribution in [0.25, 0.3) is 0 Å². The van der Waals surface area contributed by atoms with Crippen molar-refractivity contribution in [2.45, 2.75) is 19.8 Å². The van der Waals surface area contributed by atoms with E-state index in [0.29, 0.717) is 13.2 Å². The summed E-state index contributed by atoms with van der Waals surface area (Å²) in [6.45, 7) is 5.20. The third-order valence-corrected chi connectivity index (χ3v) is 3.09. The van der Waals surface area contributed by atoms with Crippen LogP contribution in [0.3, 0.4) is 0 Å². The van der Waals surface area contributed by atoms with Gasteiger partial charge < -0.3 is 10.5 Å². The van der Waals surface area contributed by atoms with Crippen LogP contribution in [0.15, 0.2) is 36.5 Å². The highest BCUT2D eigenvalue weighted by molar-refractivity contribution is 5.40. The molecule has 2 rings (SSSR count). The minimum absolute atomic E-state index is 0.0723. The average Bonchev–Trinajstić information content (AvgIpc) is 2.44. The van der Waals surface area contributed by atoms with Gasteiger partial charge >= 0.3 is 0 Å². The Labute approximate surface area is 113 Å². The van der Waals surface area contributed by atoms with Crippen molar-refractivity contribution in [1.29, 1.82) is 0 Å². The molecule has 0 spiro atoms. The van der Waals surface area contributed by atoms with Crippen molar-refractivity contribution in [2.75, 3.05) is 13.2 Å². The van der Waals surface area contributed by atoms with Gasteiger partial charge in [-0.2, -0.15) is 10.2 Å². The normalized spacial score (nSPS) is 12.2. The van der Waals surface area contributed by atoms with Gasteiger partial charge in [0.05, 0.1) is 12.3 Å². The molecule has 1 aromatic heterocycles. The second kappa shape index (κ2) is 6.29. The van der Waals surface area contributed by atoms with Gasteiger partial charge in [0.15, 0.2) is 0 Å². The smallest absolute Gasteiger partial charge is 0.122 e. The SMILES string of the molecule is CCOc1ccc(C(CN)c2cccnn2)cc1C. The molecule has 0 aliphatic heterocycles. The lowest BCUT2D eigenvalue weighted by Gasteiger charge is -2.16. The van der Waals surface area contributed by atoms with Crippen LogP contribution in [0, 0.1) is 6.92 Å². The molecule has 1 unspecified atom stereocenters. The lowest BCUT2D eigenvalue weighted by Crippen LogP contribution is -2.15. The van der Waals surface area contributed by atoms with Gasteiger partial charge in [0.1, 0.15) is 5.75 Å². The van der Waals surface area contributed by atoms with Gasteiger partial charge in [0.2, 0.25) is 0 Å². The first-order valence-corrected chi connectivity index (χ1v) is 6.47. The summed E-state index contributed by atoms with van der Waals surface area (Å²) in [5.41, 5.74) is 9.04. The van der Waals surface area contributed by atoms with Crippen molar-refractivity contribution < 1.29 is 4.74 Å². The Morgan fingerprint density at radius 2 is 2.16 bits per heavy atom. The average molecular weight is 257 g/mol. The summed E-state index contributed by atoms with van der Waals surface area (Å²) in [7, 11) is 0. The Kier molecular flexibility index (Phi) is 4.47. The molecular formula is C15H19N3O. The highest BCUT2D eigenvalue weighted by Crippen LogP contribution is 2.26. The number of rotatable bonds is 5. The first kappa shape index (κ1) is 13.5. The van der Waals surface area contributed by atoms with Crippen molar-refractivity contribution in [3.05, 3.63) is 53.3 Å². The molecule has 0 saturated carbocycles. The molecule has 0 amide bonds. The van der Waals surface area contributed by atoms with E-state index in [9.17, 15) is 0 Å². The Morgan fingerprint density at radius 1 is 1.32 bits per heavy atom. The summed E-state index contributed by atoms with van der Waals surface area (Å²) in [6, 6.07) is 9.98. The molecule has 4 heteroatoms. The van der Waals surface area contributed by atoms with Crippen molar-refractivity contribution in [1.82, 2.24) is 10.2 Å². The van der Waals surface area contributed by atoms with Crippen LogP contribution >= 0.6 is 0 Å². The van der Waals surface area contributed by atoms with E-state index < -0.39 is 0 Å². The van der Waals surface area contributed by atoms with E-state index in [0.717, 1.165) is 22.6 Å². The van der Waals surface area contributed by atoms with Crippen LogP contribution in [0.4, 0.5) is 0 Å². The lowest BCUT2D eigenvalue weighted by atomic mass is 9.94. The number of benzene rings is 1. The van der Waals surface area contributed by atoms with E-state index in [1.807, 2.05) is 38.1 Å². The zero-order chi connectivity index (χ0) is 13.7. The zero-order valence-electron chi connectivity index (χ0n) is 11.3. The molecule has 4 nitrogen and oxygen atoms in total. The fourth-order valence-corrected chi connectivity index (χ4v) is 2.13. The summed E-state index contributed by atoms with van der Waals surface area (Å²) < 4.78 is 5.55. The van der Waals surface area contributed by atoms with Gasteiger partial charge in [-0.15, -0.1) is 0 Å². The van der Waals surface area contributed by atoms with E-state index >= 15 is 0 Å². The third kappa shape index (κ3) is 3.09. The molecule has 2 aromatic rings. The quantitative estimate of drug-likeness (QED) is 0.892. The second-order valence-electron chi connectivity index (χ2n) is 4.39. The van der Waals surface area contributed by atoms with Gasteiger partial charge in [0.25, 0.3) is 0 Å². The summed E-state index contributed by atoms with van der Waals surface area (Å²) in [4.78, 5) is 0. The molecule has 0 aliphatic rings. The molecular weight excluding hydrogens is 238 g/mol. The predicted octanol–water partition coefficient (Wildman–Crippen LogP) is 2.27. The van der Waals surface area contributed by atoms with Crippen molar-refractivity contribution in [3.8, 4) is 5.75 Å². The monoisotopic (exact) mass is 257 g/mol. The van der Waals surface area contributed by atoms with Crippen LogP contribution in [0.2, 0.25) is 0 Å². The molecule has 2 N–H and O–H groups in total. The number of aromatic nitrogens is 2. The predicted molar refractivity (Wildman–Crippen MR) is 75.3 cm³/mol. The van der Waals surface area contributed by atoms with Crippen molar-refractivity contribution in [2.24, 2.45) is 5.73 Å². The molecule has 1 aromatic carbocycles. The van der Waals surface area contributed by atoms with Crippen LogP contribution < -0.4 is 10.5 Å². The molecule has 0 saturated heterocycles. The van der Waals surface area contributed by atoms with Gasteiger partial charge in [-0.1, -0.05) is 12.1 Å². The maximum atomic E-state index is 5.88. The van der Waals surface area contributed by atoms with Crippen LogP contribution in [-0.2, 0) is 0 Å². The molecule has 0 bridgehead atoms. The molecule has 1 heterocycles. The van der Waals surface area contributed by atoms with Gasteiger partial charge in [-0.3, -0.25) is 0 Å². The highest BCUT2D eigenvalue weighted by atomic mass is 16.5.